The third-order valence-electron chi connectivity index (χ3n) is 5.00. The number of carbonyl (C=O) groups is 3. The maximum Gasteiger partial charge on any atom is 0.344 e. The average molecular weight is 412 g/mol. The molecule has 3 rings (SSSR count). The van der Waals surface area contributed by atoms with Gasteiger partial charge in [0.05, 0.1) is 4.92 Å². The fourth-order valence-electron chi connectivity index (χ4n) is 3.03. The Kier molecular flexibility index (Phi) is 5.41. The number of rotatable bonds is 6. The summed E-state index contributed by atoms with van der Waals surface area (Å²) in [7, 11) is 0. The monoisotopic (exact) mass is 412 g/mol. The third kappa shape index (κ3) is 3.79. The first kappa shape index (κ1) is 20.8. The summed E-state index contributed by atoms with van der Waals surface area (Å²) >= 11 is 0. The lowest BCUT2D eigenvalue weighted by atomic mass is 9.92. The number of hydrogen-bond donors (Lipinski definition) is 2. The number of nitrogens with zero attached hydrogens (tertiary/aromatic N) is 2. The number of benzene rings is 2. The van der Waals surface area contributed by atoms with Crippen molar-refractivity contribution in [1.29, 1.82) is 0 Å². The maximum atomic E-state index is 12.8. The second kappa shape index (κ2) is 7.82. The summed E-state index contributed by atoms with van der Waals surface area (Å²) < 4.78 is 5.49. The Morgan fingerprint density at radius 2 is 1.87 bits per heavy atom. The molecule has 1 aliphatic heterocycles. The fourth-order valence-corrected chi connectivity index (χ4v) is 3.03. The Morgan fingerprint density at radius 1 is 1.20 bits per heavy atom. The van der Waals surface area contributed by atoms with Crippen molar-refractivity contribution < 1.29 is 24.0 Å². The van der Waals surface area contributed by atoms with Crippen molar-refractivity contribution in [3.05, 3.63) is 69.3 Å². The standard InChI is InChI=1S/C20H20N4O6/c1-12-5-4-6-16(13(12)2)30-11-17(25)22-23-18(26)20(3,21-19(23)27)14-7-9-15(10-8-14)24(28)29/h4-10H,11H2,1-3H3,(H,21,27)(H,22,25)/t20-/m1/s1. The van der Waals surface area contributed by atoms with Crippen LogP contribution in [0, 0.1) is 24.0 Å². The summed E-state index contributed by atoms with van der Waals surface area (Å²) in [4.78, 5) is 47.6. The number of urea groups is 1. The maximum absolute atomic E-state index is 12.8. The van der Waals surface area contributed by atoms with Crippen molar-refractivity contribution in [3.63, 3.8) is 0 Å². The van der Waals surface area contributed by atoms with Gasteiger partial charge in [0, 0.05) is 12.1 Å². The fraction of sp³-hybridized carbons (Fsp3) is 0.250. The largest absolute Gasteiger partial charge is 0.483 e. The first-order valence-electron chi connectivity index (χ1n) is 9.03. The van der Waals surface area contributed by atoms with Crippen molar-refractivity contribution in [2.45, 2.75) is 26.3 Å². The molecule has 2 aromatic carbocycles. The van der Waals surface area contributed by atoms with Crippen LogP contribution in [0.15, 0.2) is 42.5 Å². The Labute approximate surface area is 171 Å². The van der Waals surface area contributed by atoms with E-state index in [0.717, 1.165) is 11.1 Å². The minimum atomic E-state index is -1.48. The number of hydrazine groups is 1. The predicted octanol–water partition coefficient (Wildman–Crippen LogP) is 2.09. The van der Waals surface area contributed by atoms with Gasteiger partial charge in [-0.3, -0.25) is 25.1 Å². The number of nitrogens with one attached hydrogen (secondary N) is 2. The van der Waals surface area contributed by atoms with Gasteiger partial charge in [-0.15, -0.1) is 0 Å². The summed E-state index contributed by atoms with van der Waals surface area (Å²) in [5, 5.41) is 13.9. The summed E-state index contributed by atoms with van der Waals surface area (Å²) in [6.45, 7) is 4.83. The van der Waals surface area contributed by atoms with E-state index in [1.54, 1.807) is 12.1 Å². The molecule has 1 atom stereocenters. The van der Waals surface area contributed by atoms with E-state index in [1.165, 1.54) is 31.2 Å². The van der Waals surface area contributed by atoms with Gasteiger partial charge in [0.2, 0.25) is 0 Å². The quantitative estimate of drug-likeness (QED) is 0.424. The van der Waals surface area contributed by atoms with Gasteiger partial charge in [0.15, 0.2) is 6.61 Å². The van der Waals surface area contributed by atoms with Crippen LogP contribution >= 0.6 is 0 Å². The number of non-ortho nitro benzene ring substituents is 1. The van der Waals surface area contributed by atoms with E-state index in [2.05, 4.69) is 10.7 Å². The second-order valence-corrected chi connectivity index (χ2v) is 7.02. The topological polar surface area (TPSA) is 131 Å². The van der Waals surface area contributed by atoms with Gasteiger partial charge in [-0.25, -0.2) is 4.79 Å². The first-order valence-corrected chi connectivity index (χ1v) is 9.03. The zero-order chi connectivity index (χ0) is 22.1. The molecule has 30 heavy (non-hydrogen) atoms. The molecule has 0 saturated carbocycles. The van der Waals surface area contributed by atoms with Crippen LogP contribution in [0.5, 0.6) is 5.75 Å². The van der Waals surface area contributed by atoms with Crippen LogP contribution in [0.25, 0.3) is 0 Å². The van der Waals surface area contributed by atoms with Crippen molar-refractivity contribution >= 4 is 23.5 Å². The van der Waals surface area contributed by atoms with E-state index >= 15 is 0 Å². The molecule has 0 aromatic heterocycles. The van der Waals surface area contributed by atoms with Gasteiger partial charge in [-0.2, -0.15) is 5.01 Å². The van der Waals surface area contributed by atoms with Crippen LogP contribution in [0.4, 0.5) is 10.5 Å². The first-order chi connectivity index (χ1) is 14.1. The third-order valence-corrected chi connectivity index (χ3v) is 5.00. The molecule has 0 radical (unpaired) electrons. The molecular weight excluding hydrogens is 392 g/mol. The van der Waals surface area contributed by atoms with Crippen LogP contribution in [0.2, 0.25) is 0 Å². The number of nitro benzene ring substituents is 1. The molecule has 0 bridgehead atoms. The molecule has 0 unspecified atom stereocenters. The lowest BCUT2D eigenvalue weighted by molar-refractivity contribution is -0.384. The van der Waals surface area contributed by atoms with E-state index in [9.17, 15) is 24.5 Å². The zero-order valence-electron chi connectivity index (χ0n) is 16.6. The van der Waals surface area contributed by atoms with Crippen LogP contribution in [-0.4, -0.2) is 34.4 Å². The Bertz CT molecular complexity index is 1040. The molecule has 0 spiro atoms. The van der Waals surface area contributed by atoms with Gasteiger partial charge in [0.25, 0.3) is 17.5 Å². The summed E-state index contributed by atoms with van der Waals surface area (Å²) in [6.07, 6.45) is 0. The lowest BCUT2D eigenvalue weighted by Gasteiger charge is -2.22. The summed E-state index contributed by atoms with van der Waals surface area (Å²) in [5.74, 6) is -0.883. The molecule has 1 saturated heterocycles. The van der Waals surface area contributed by atoms with Crippen LogP contribution in [-0.2, 0) is 15.1 Å². The van der Waals surface area contributed by atoms with E-state index < -0.39 is 34.9 Å². The van der Waals surface area contributed by atoms with E-state index in [1.807, 2.05) is 19.9 Å². The van der Waals surface area contributed by atoms with E-state index in [-0.39, 0.29) is 5.69 Å². The van der Waals surface area contributed by atoms with Crippen molar-refractivity contribution in [2.75, 3.05) is 6.61 Å². The van der Waals surface area contributed by atoms with Gasteiger partial charge in [-0.1, -0.05) is 12.1 Å². The van der Waals surface area contributed by atoms with Crippen LogP contribution in [0.3, 0.4) is 0 Å². The smallest absolute Gasteiger partial charge is 0.344 e. The van der Waals surface area contributed by atoms with Crippen LogP contribution in [0.1, 0.15) is 23.6 Å². The molecule has 4 amide bonds. The summed E-state index contributed by atoms with van der Waals surface area (Å²) in [6, 6.07) is 9.84. The highest BCUT2D eigenvalue weighted by Gasteiger charge is 2.50. The van der Waals surface area contributed by atoms with Gasteiger partial charge in [0.1, 0.15) is 11.3 Å². The minimum Gasteiger partial charge on any atom is -0.483 e. The summed E-state index contributed by atoms with van der Waals surface area (Å²) in [5.41, 5.74) is 2.84. The Hall–Kier alpha value is -3.95. The van der Waals surface area contributed by atoms with Crippen molar-refractivity contribution in [2.24, 2.45) is 0 Å². The molecule has 1 heterocycles. The minimum absolute atomic E-state index is 0.145. The number of nitro groups is 1. The number of hydrogen-bond acceptors (Lipinski definition) is 6. The highest BCUT2D eigenvalue weighted by atomic mass is 16.6. The van der Waals surface area contributed by atoms with Gasteiger partial charge >= 0.3 is 6.03 Å². The average Bonchev–Trinajstić information content (AvgIpc) is 2.93. The highest BCUT2D eigenvalue weighted by Crippen LogP contribution is 2.29. The number of ether oxygens (including phenoxy) is 1. The SMILES string of the molecule is Cc1cccc(OCC(=O)NN2C(=O)N[C@](C)(c3ccc([N+](=O)[O-])cc3)C2=O)c1C. The molecule has 1 fully saturated rings. The molecule has 10 nitrogen and oxygen atoms in total. The molecule has 2 aromatic rings. The molecule has 0 aliphatic carbocycles. The predicted molar refractivity (Wildman–Crippen MR) is 105 cm³/mol. The lowest BCUT2D eigenvalue weighted by Crippen LogP contribution is -2.49. The Balaban J connectivity index is 1.69. The van der Waals surface area contributed by atoms with E-state index in [4.69, 9.17) is 4.74 Å². The van der Waals surface area contributed by atoms with Crippen molar-refractivity contribution in [3.8, 4) is 5.75 Å². The van der Waals surface area contributed by atoms with E-state index in [0.29, 0.717) is 16.3 Å². The molecule has 10 heteroatoms. The normalized spacial score (nSPS) is 18.2. The molecule has 156 valence electrons. The second-order valence-electron chi connectivity index (χ2n) is 7.02. The zero-order valence-corrected chi connectivity index (χ0v) is 16.6. The number of imide groups is 1. The van der Waals surface area contributed by atoms with Gasteiger partial charge < -0.3 is 10.1 Å². The Morgan fingerprint density at radius 3 is 2.50 bits per heavy atom. The number of carbonyl (C=O) groups excluding carboxylic acids is 3. The van der Waals surface area contributed by atoms with Gasteiger partial charge in [-0.05, 0) is 55.7 Å². The highest BCUT2D eigenvalue weighted by molar-refractivity contribution is 6.08. The molecule has 1 aliphatic rings. The van der Waals surface area contributed by atoms with Crippen LogP contribution < -0.4 is 15.5 Å². The number of aryl methyl sites for hydroxylation is 1. The van der Waals surface area contributed by atoms with Crippen molar-refractivity contribution in [1.82, 2.24) is 15.8 Å². The molecule has 2 N–H and O–H groups in total. The number of amides is 4. The molecular formula is C20H20N4O6.